The van der Waals surface area contributed by atoms with Gasteiger partial charge in [0, 0.05) is 19.9 Å². The van der Waals surface area contributed by atoms with Gasteiger partial charge in [0.05, 0.1) is 6.54 Å². The summed E-state index contributed by atoms with van der Waals surface area (Å²) in [6.45, 7) is 2.07. The molecule has 1 N–H and O–H groups in total. The Morgan fingerprint density at radius 3 is 2.88 bits per heavy atom. The molecule has 0 aromatic heterocycles. The van der Waals surface area contributed by atoms with E-state index in [9.17, 15) is 9.59 Å². The maximum Gasteiger partial charge on any atom is 0.246 e. The summed E-state index contributed by atoms with van der Waals surface area (Å²) in [6.07, 6.45) is 3.29. The molecule has 0 unspecified atom stereocenters. The lowest BCUT2D eigenvalue weighted by Gasteiger charge is -2.16. The average molecular weight is 245 g/mol. The Kier molecular flexibility index (Phi) is 6.11. The highest BCUT2D eigenvalue weighted by Crippen LogP contribution is 2.10. The van der Waals surface area contributed by atoms with Gasteiger partial charge in [-0.1, -0.05) is 0 Å². The van der Waals surface area contributed by atoms with Crippen LogP contribution >= 0.6 is 12.4 Å². The molecular weight excluding hydrogens is 232 g/mol. The van der Waals surface area contributed by atoms with Gasteiger partial charge in [-0.2, -0.15) is 10.3 Å². The van der Waals surface area contributed by atoms with Crippen molar-refractivity contribution in [3.8, 4) is 6.19 Å². The number of imide groups is 1. The molecule has 0 aromatic carbocycles. The Bertz CT molecular complexity index is 348. The Labute approximate surface area is 99.7 Å². The highest BCUT2D eigenvalue weighted by atomic mass is 35.5. The fourth-order valence-electron chi connectivity index (χ4n) is 1.48. The van der Waals surface area contributed by atoms with Crippen molar-refractivity contribution in [3.05, 3.63) is 0 Å². The summed E-state index contributed by atoms with van der Waals surface area (Å²) in [5.41, 5.74) is 0. The SMILES string of the molecule is CC(=O)NC(=O)CN1CCCC1=NC#N.Cl. The van der Waals surface area contributed by atoms with Crippen LogP contribution in [0.1, 0.15) is 19.8 Å². The number of nitriles is 1. The molecule has 0 bridgehead atoms. The second-order valence-electron chi connectivity index (χ2n) is 3.26. The molecule has 7 heteroatoms. The average Bonchev–Trinajstić information content (AvgIpc) is 2.52. The first-order valence-electron chi connectivity index (χ1n) is 4.64. The molecule has 0 saturated carbocycles. The fraction of sp³-hybridized carbons (Fsp3) is 0.556. The summed E-state index contributed by atoms with van der Waals surface area (Å²) in [5, 5.41) is 10.6. The van der Waals surface area contributed by atoms with E-state index in [2.05, 4.69) is 10.3 Å². The zero-order valence-electron chi connectivity index (χ0n) is 8.89. The van der Waals surface area contributed by atoms with E-state index < -0.39 is 0 Å². The minimum Gasteiger partial charge on any atom is -0.350 e. The van der Waals surface area contributed by atoms with E-state index in [0.29, 0.717) is 18.8 Å². The summed E-state index contributed by atoms with van der Waals surface area (Å²) in [6, 6.07) is 0. The number of hydrogen-bond donors (Lipinski definition) is 1. The smallest absolute Gasteiger partial charge is 0.246 e. The monoisotopic (exact) mass is 244 g/mol. The van der Waals surface area contributed by atoms with E-state index in [-0.39, 0.29) is 30.8 Å². The number of hydrogen-bond acceptors (Lipinski definition) is 4. The molecule has 2 amide bonds. The minimum atomic E-state index is -0.377. The lowest BCUT2D eigenvalue weighted by molar-refractivity contribution is -0.129. The zero-order chi connectivity index (χ0) is 11.3. The highest BCUT2D eigenvalue weighted by Gasteiger charge is 2.21. The van der Waals surface area contributed by atoms with Crippen LogP contribution in [0.3, 0.4) is 0 Å². The topological polar surface area (TPSA) is 85.6 Å². The number of carbonyl (C=O) groups excluding carboxylic acids is 2. The number of amidine groups is 1. The number of rotatable bonds is 2. The van der Waals surface area contributed by atoms with Gasteiger partial charge in [-0.15, -0.1) is 12.4 Å². The number of amides is 2. The molecule has 1 fully saturated rings. The van der Waals surface area contributed by atoms with Gasteiger partial charge in [-0.3, -0.25) is 14.9 Å². The second-order valence-corrected chi connectivity index (χ2v) is 3.26. The molecule has 0 aliphatic carbocycles. The molecule has 6 nitrogen and oxygen atoms in total. The predicted octanol–water partition coefficient (Wildman–Crippen LogP) is 0.0463. The third kappa shape index (κ3) is 4.28. The maximum atomic E-state index is 11.2. The van der Waals surface area contributed by atoms with Gasteiger partial charge in [-0.25, -0.2) is 0 Å². The molecule has 88 valence electrons. The van der Waals surface area contributed by atoms with Crippen molar-refractivity contribution in [3.63, 3.8) is 0 Å². The van der Waals surface area contributed by atoms with Crippen LogP contribution in [-0.4, -0.2) is 35.6 Å². The van der Waals surface area contributed by atoms with Crippen LogP contribution < -0.4 is 5.32 Å². The highest BCUT2D eigenvalue weighted by molar-refractivity contribution is 5.97. The van der Waals surface area contributed by atoms with Gasteiger partial charge in [0.1, 0.15) is 5.84 Å². The lowest BCUT2D eigenvalue weighted by atomic mass is 10.4. The van der Waals surface area contributed by atoms with Crippen molar-refractivity contribution in [1.29, 1.82) is 5.26 Å². The van der Waals surface area contributed by atoms with Crippen molar-refractivity contribution in [2.75, 3.05) is 13.1 Å². The van der Waals surface area contributed by atoms with Gasteiger partial charge in [0.2, 0.25) is 18.0 Å². The zero-order valence-corrected chi connectivity index (χ0v) is 9.71. The number of nitrogens with zero attached hydrogens (tertiary/aromatic N) is 3. The van der Waals surface area contributed by atoms with Crippen LogP contribution in [0.4, 0.5) is 0 Å². The second kappa shape index (κ2) is 6.80. The normalized spacial score (nSPS) is 16.5. The van der Waals surface area contributed by atoms with Crippen LogP contribution in [0, 0.1) is 11.5 Å². The molecular formula is C9H13ClN4O2. The summed E-state index contributed by atoms with van der Waals surface area (Å²) in [5.74, 6) is -0.121. The third-order valence-electron chi connectivity index (χ3n) is 2.02. The summed E-state index contributed by atoms with van der Waals surface area (Å²) in [4.78, 5) is 27.2. The molecule has 0 spiro atoms. The van der Waals surface area contributed by atoms with E-state index in [1.807, 2.05) is 0 Å². The summed E-state index contributed by atoms with van der Waals surface area (Å²) in [7, 11) is 0. The van der Waals surface area contributed by atoms with E-state index in [4.69, 9.17) is 5.26 Å². The van der Waals surface area contributed by atoms with Crippen LogP contribution in [0.2, 0.25) is 0 Å². The standard InChI is InChI=1S/C9H12N4O2.ClH/c1-7(14)12-9(15)5-13-4-2-3-8(13)11-6-10;/h2-5H2,1H3,(H,12,14,15);1H. The largest absolute Gasteiger partial charge is 0.350 e. The first-order chi connectivity index (χ1) is 7.13. The number of carbonyl (C=O) groups is 2. The third-order valence-corrected chi connectivity index (χ3v) is 2.02. The molecule has 0 aromatic rings. The predicted molar refractivity (Wildman–Crippen MR) is 59.9 cm³/mol. The Balaban J connectivity index is 0.00000225. The van der Waals surface area contributed by atoms with E-state index in [1.165, 1.54) is 6.92 Å². The van der Waals surface area contributed by atoms with E-state index >= 15 is 0 Å². The summed E-state index contributed by atoms with van der Waals surface area (Å²) < 4.78 is 0. The molecule has 1 aliphatic heterocycles. The van der Waals surface area contributed by atoms with Gasteiger partial charge in [-0.05, 0) is 6.42 Å². The molecule has 16 heavy (non-hydrogen) atoms. The van der Waals surface area contributed by atoms with Crippen LogP contribution in [0.15, 0.2) is 4.99 Å². The minimum absolute atomic E-state index is 0. The molecule has 0 radical (unpaired) electrons. The first kappa shape index (κ1) is 14.4. The molecule has 0 atom stereocenters. The van der Waals surface area contributed by atoms with Crippen LogP contribution in [0.5, 0.6) is 0 Å². The Hall–Kier alpha value is -1.61. The quantitative estimate of drug-likeness (QED) is 0.696. The van der Waals surface area contributed by atoms with Crippen molar-refractivity contribution in [2.45, 2.75) is 19.8 Å². The molecule has 1 saturated heterocycles. The van der Waals surface area contributed by atoms with Crippen molar-refractivity contribution < 1.29 is 9.59 Å². The number of aliphatic imine (C=N–C) groups is 1. The van der Waals surface area contributed by atoms with Gasteiger partial charge < -0.3 is 4.90 Å². The van der Waals surface area contributed by atoms with Crippen LogP contribution in [0.25, 0.3) is 0 Å². The summed E-state index contributed by atoms with van der Waals surface area (Å²) >= 11 is 0. The number of likely N-dealkylation sites (tertiary alicyclic amines) is 1. The molecule has 1 aliphatic rings. The lowest BCUT2D eigenvalue weighted by Crippen LogP contribution is -2.39. The Morgan fingerprint density at radius 1 is 1.62 bits per heavy atom. The van der Waals surface area contributed by atoms with Crippen LogP contribution in [-0.2, 0) is 9.59 Å². The number of nitrogens with one attached hydrogen (secondary N) is 1. The van der Waals surface area contributed by atoms with Gasteiger partial charge >= 0.3 is 0 Å². The van der Waals surface area contributed by atoms with E-state index in [1.54, 1.807) is 11.1 Å². The first-order valence-corrected chi connectivity index (χ1v) is 4.64. The molecule has 1 rings (SSSR count). The maximum absolute atomic E-state index is 11.2. The Morgan fingerprint density at radius 2 is 2.31 bits per heavy atom. The van der Waals surface area contributed by atoms with Crippen molar-refractivity contribution in [1.82, 2.24) is 10.2 Å². The van der Waals surface area contributed by atoms with Crippen molar-refractivity contribution in [2.24, 2.45) is 4.99 Å². The number of halogens is 1. The van der Waals surface area contributed by atoms with E-state index in [0.717, 1.165) is 6.42 Å². The molecule has 1 heterocycles. The fourth-order valence-corrected chi connectivity index (χ4v) is 1.48. The van der Waals surface area contributed by atoms with Gasteiger partial charge in [0.25, 0.3) is 0 Å². The van der Waals surface area contributed by atoms with Gasteiger partial charge in [0.15, 0.2) is 0 Å². The van der Waals surface area contributed by atoms with Crippen molar-refractivity contribution >= 4 is 30.1 Å².